The van der Waals surface area contributed by atoms with Gasteiger partial charge in [0.15, 0.2) is 0 Å². The van der Waals surface area contributed by atoms with Crippen molar-refractivity contribution < 1.29 is 4.74 Å². The van der Waals surface area contributed by atoms with Crippen molar-refractivity contribution >= 4 is 17.7 Å². The Hall–Kier alpha value is -2.48. The van der Waals surface area contributed by atoms with Crippen LogP contribution in [0.2, 0.25) is 0 Å². The second-order valence-corrected chi connectivity index (χ2v) is 5.63. The Labute approximate surface area is 141 Å². The number of piperazine rings is 1. The number of methoxy groups -OCH3 is 1. The van der Waals surface area contributed by atoms with Gasteiger partial charge in [-0.1, -0.05) is 0 Å². The Morgan fingerprint density at radius 2 is 1.79 bits per heavy atom. The molecule has 128 valence electrons. The molecule has 0 unspecified atom stereocenters. The van der Waals surface area contributed by atoms with Gasteiger partial charge in [-0.2, -0.15) is 4.98 Å². The van der Waals surface area contributed by atoms with Gasteiger partial charge in [-0.05, 0) is 13.0 Å². The summed E-state index contributed by atoms with van der Waals surface area (Å²) < 4.78 is 5.05. The molecule has 2 aromatic heterocycles. The van der Waals surface area contributed by atoms with Crippen molar-refractivity contribution in [2.24, 2.45) is 0 Å². The minimum atomic E-state index is 0.627. The summed E-state index contributed by atoms with van der Waals surface area (Å²) in [6, 6.07) is 3.86. The number of rotatable bonds is 6. The second-order valence-electron chi connectivity index (χ2n) is 5.63. The van der Waals surface area contributed by atoms with Gasteiger partial charge in [0.1, 0.15) is 5.82 Å². The molecule has 0 bridgehead atoms. The van der Waals surface area contributed by atoms with Crippen molar-refractivity contribution in [3.8, 4) is 0 Å². The first-order valence-corrected chi connectivity index (χ1v) is 8.11. The molecule has 0 radical (unpaired) electrons. The topological polar surface area (TPSA) is 79.3 Å². The van der Waals surface area contributed by atoms with Crippen LogP contribution in [0, 0.1) is 6.92 Å². The summed E-state index contributed by atoms with van der Waals surface area (Å²) in [5, 5.41) is 3.20. The van der Waals surface area contributed by atoms with Gasteiger partial charge in [-0.15, -0.1) is 0 Å². The third kappa shape index (κ3) is 4.08. The fraction of sp³-hybridized carbons (Fsp3) is 0.500. The van der Waals surface area contributed by atoms with Crippen LogP contribution in [0.3, 0.4) is 0 Å². The summed E-state index contributed by atoms with van der Waals surface area (Å²) in [7, 11) is 1.68. The van der Waals surface area contributed by atoms with Crippen LogP contribution in [0.25, 0.3) is 0 Å². The Balaban J connectivity index is 1.63. The van der Waals surface area contributed by atoms with Crippen molar-refractivity contribution in [2.75, 3.05) is 61.6 Å². The molecule has 2 aromatic rings. The molecule has 1 N–H and O–H groups in total. The van der Waals surface area contributed by atoms with Gasteiger partial charge in [0.2, 0.25) is 11.9 Å². The molecule has 0 aromatic carbocycles. The van der Waals surface area contributed by atoms with Crippen LogP contribution in [-0.4, -0.2) is 66.4 Å². The first kappa shape index (κ1) is 16.4. The highest BCUT2D eigenvalue weighted by Gasteiger charge is 2.20. The predicted molar refractivity (Wildman–Crippen MR) is 93.6 cm³/mol. The summed E-state index contributed by atoms with van der Waals surface area (Å²) in [5.74, 6) is 2.39. The van der Waals surface area contributed by atoms with E-state index in [2.05, 4.69) is 35.1 Å². The molecule has 0 atom stereocenters. The van der Waals surface area contributed by atoms with Gasteiger partial charge in [0.05, 0.1) is 6.61 Å². The van der Waals surface area contributed by atoms with Crippen molar-refractivity contribution in [3.63, 3.8) is 0 Å². The lowest BCUT2D eigenvalue weighted by atomic mass is 10.3. The summed E-state index contributed by atoms with van der Waals surface area (Å²) >= 11 is 0. The first-order valence-electron chi connectivity index (χ1n) is 8.11. The van der Waals surface area contributed by atoms with Crippen LogP contribution in [-0.2, 0) is 4.74 Å². The first-order chi connectivity index (χ1) is 11.8. The SMILES string of the molecule is COCCNc1nc(C)cc(N2CCN(c3ncccn3)CC2)n1. The summed E-state index contributed by atoms with van der Waals surface area (Å²) in [6.45, 7) is 6.82. The molecular weight excluding hydrogens is 306 g/mol. The molecular formula is C16H23N7O. The number of anilines is 3. The number of hydrogen-bond donors (Lipinski definition) is 1. The van der Waals surface area contributed by atoms with Crippen LogP contribution in [0.15, 0.2) is 24.5 Å². The van der Waals surface area contributed by atoms with Gasteiger partial charge in [0, 0.05) is 64.0 Å². The maximum atomic E-state index is 5.05. The quantitative estimate of drug-likeness (QED) is 0.785. The predicted octanol–water partition coefficient (Wildman–Crippen LogP) is 0.960. The number of aromatic nitrogens is 4. The van der Waals surface area contributed by atoms with Crippen LogP contribution in [0.5, 0.6) is 0 Å². The largest absolute Gasteiger partial charge is 0.383 e. The average Bonchev–Trinajstić information content (AvgIpc) is 2.62. The van der Waals surface area contributed by atoms with Crippen molar-refractivity contribution in [1.82, 2.24) is 19.9 Å². The zero-order valence-corrected chi connectivity index (χ0v) is 14.1. The van der Waals surface area contributed by atoms with E-state index in [9.17, 15) is 0 Å². The molecule has 8 heteroatoms. The van der Waals surface area contributed by atoms with E-state index in [-0.39, 0.29) is 0 Å². The molecule has 3 heterocycles. The minimum absolute atomic E-state index is 0.627. The lowest BCUT2D eigenvalue weighted by molar-refractivity contribution is 0.210. The highest BCUT2D eigenvalue weighted by molar-refractivity contribution is 5.46. The maximum absolute atomic E-state index is 5.05. The highest BCUT2D eigenvalue weighted by atomic mass is 16.5. The Morgan fingerprint density at radius 1 is 1.08 bits per heavy atom. The molecule has 24 heavy (non-hydrogen) atoms. The highest BCUT2D eigenvalue weighted by Crippen LogP contribution is 2.18. The molecule has 8 nitrogen and oxygen atoms in total. The average molecular weight is 329 g/mol. The van der Waals surface area contributed by atoms with Crippen LogP contribution in [0.1, 0.15) is 5.69 Å². The van der Waals surface area contributed by atoms with Gasteiger partial charge in [-0.3, -0.25) is 0 Å². The summed E-state index contributed by atoms with van der Waals surface area (Å²) in [4.78, 5) is 22.2. The molecule has 0 spiro atoms. The summed E-state index contributed by atoms with van der Waals surface area (Å²) in [5.41, 5.74) is 0.953. The summed E-state index contributed by atoms with van der Waals surface area (Å²) in [6.07, 6.45) is 3.56. The van der Waals surface area contributed by atoms with E-state index in [1.165, 1.54) is 0 Å². The van der Waals surface area contributed by atoms with Crippen molar-refractivity contribution in [3.05, 3.63) is 30.2 Å². The molecule has 1 aliphatic rings. The molecule has 0 aliphatic carbocycles. The molecule has 1 saturated heterocycles. The number of ether oxygens (including phenoxy) is 1. The van der Waals surface area contributed by atoms with Crippen LogP contribution >= 0.6 is 0 Å². The van der Waals surface area contributed by atoms with Gasteiger partial charge < -0.3 is 19.9 Å². The number of nitrogens with zero attached hydrogens (tertiary/aromatic N) is 6. The van der Waals surface area contributed by atoms with Crippen molar-refractivity contribution in [2.45, 2.75) is 6.92 Å². The van der Waals surface area contributed by atoms with Gasteiger partial charge in [0.25, 0.3) is 0 Å². The minimum Gasteiger partial charge on any atom is -0.383 e. The monoisotopic (exact) mass is 329 g/mol. The molecule has 3 rings (SSSR count). The lowest BCUT2D eigenvalue weighted by Crippen LogP contribution is -2.47. The normalized spacial score (nSPS) is 14.8. The van der Waals surface area contributed by atoms with E-state index in [0.29, 0.717) is 19.1 Å². The van der Waals surface area contributed by atoms with Crippen molar-refractivity contribution in [1.29, 1.82) is 0 Å². The van der Waals surface area contributed by atoms with E-state index >= 15 is 0 Å². The van der Waals surface area contributed by atoms with E-state index in [1.807, 2.05) is 19.1 Å². The molecule has 0 saturated carbocycles. The van der Waals surface area contributed by atoms with Crippen LogP contribution in [0.4, 0.5) is 17.7 Å². The Morgan fingerprint density at radius 3 is 2.50 bits per heavy atom. The number of aryl methyl sites for hydroxylation is 1. The fourth-order valence-corrected chi connectivity index (χ4v) is 2.65. The van der Waals surface area contributed by atoms with E-state index < -0.39 is 0 Å². The second kappa shape index (κ2) is 7.87. The van der Waals surface area contributed by atoms with Crippen LogP contribution < -0.4 is 15.1 Å². The molecule has 1 fully saturated rings. The van der Waals surface area contributed by atoms with Gasteiger partial charge >= 0.3 is 0 Å². The third-order valence-corrected chi connectivity index (χ3v) is 3.87. The van der Waals surface area contributed by atoms with E-state index in [4.69, 9.17) is 4.74 Å². The smallest absolute Gasteiger partial charge is 0.225 e. The number of nitrogens with one attached hydrogen (secondary N) is 1. The van der Waals surface area contributed by atoms with E-state index in [1.54, 1.807) is 19.5 Å². The van der Waals surface area contributed by atoms with E-state index in [0.717, 1.165) is 43.6 Å². The molecule has 1 aliphatic heterocycles. The van der Waals surface area contributed by atoms with Gasteiger partial charge in [-0.25, -0.2) is 15.0 Å². The third-order valence-electron chi connectivity index (χ3n) is 3.87. The standard InChI is InChI=1S/C16H23N7O/c1-13-12-14(21-15(20-13)17-6-11-24-2)22-7-9-23(10-8-22)16-18-4-3-5-19-16/h3-5,12H,6-11H2,1-2H3,(H,17,20,21). The zero-order chi connectivity index (χ0) is 16.8. The fourth-order valence-electron chi connectivity index (χ4n) is 2.65. The molecule has 0 amide bonds. The Kier molecular flexibility index (Phi) is 5.37. The number of hydrogen-bond acceptors (Lipinski definition) is 8. The lowest BCUT2D eigenvalue weighted by Gasteiger charge is -2.35. The Bertz CT molecular complexity index is 644. The zero-order valence-electron chi connectivity index (χ0n) is 14.1. The maximum Gasteiger partial charge on any atom is 0.225 e.